The zero-order valence-corrected chi connectivity index (χ0v) is 24.6. The van der Waals surface area contributed by atoms with E-state index in [2.05, 4.69) is 30.9 Å². The molecule has 0 unspecified atom stereocenters. The fraction of sp³-hybridized carbons (Fsp3) is 0.286. The van der Waals surface area contributed by atoms with E-state index in [1.165, 1.54) is 6.07 Å². The van der Waals surface area contributed by atoms with Gasteiger partial charge in [-0.1, -0.05) is 29.3 Å². The van der Waals surface area contributed by atoms with Gasteiger partial charge in [0.05, 0.1) is 45.4 Å². The Bertz CT molecular complexity index is 1750. The summed E-state index contributed by atoms with van der Waals surface area (Å²) < 4.78 is 74.8. The standard InChI is InChI=1S/C28H23Cl2F5N6O4/c1-27(11-44-12-27)25(43)36-9-13-2-7-17(29)21(20(13)30)39-26-38-18-8-16(24(40-22(18)41-26)45-10-19(31)32)23(42)37-15-5-3-14(4-6-15)28(33,34)35/h2-8,19H,9-12H2,1H3,(H,36,43)(H,37,42)(H2,38,39,40,41). The molecule has 4 N–H and O–H groups in total. The van der Waals surface area contributed by atoms with Crippen molar-refractivity contribution in [2.24, 2.45) is 5.41 Å². The minimum Gasteiger partial charge on any atom is -0.471 e. The number of nitrogens with one attached hydrogen (secondary N) is 4. The van der Waals surface area contributed by atoms with Crippen LogP contribution >= 0.6 is 23.2 Å². The molecule has 1 saturated heterocycles. The molecule has 0 spiro atoms. The number of nitrogens with zero attached hydrogens (tertiary/aromatic N) is 2. The Morgan fingerprint density at radius 1 is 1.11 bits per heavy atom. The first-order valence-electron chi connectivity index (χ1n) is 13.1. The van der Waals surface area contributed by atoms with Gasteiger partial charge in [-0.3, -0.25) is 9.59 Å². The Labute approximate surface area is 261 Å². The molecule has 1 aliphatic heterocycles. The van der Waals surface area contributed by atoms with E-state index >= 15 is 0 Å². The zero-order chi connectivity index (χ0) is 32.5. The summed E-state index contributed by atoms with van der Waals surface area (Å²) in [7, 11) is 0. The van der Waals surface area contributed by atoms with Crippen LogP contribution in [0.25, 0.3) is 11.2 Å². The highest BCUT2D eigenvalue weighted by atomic mass is 35.5. The average molecular weight is 673 g/mol. The largest absolute Gasteiger partial charge is 0.471 e. The number of aromatic amines is 1. The lowest BCUT2D eigenvalue weighted by molar-refractivity contribution is -0.157. The van der Waals surface area contributed by atoms with Gasteiger partial charge in [0, 0.05) is 12.2 Å². The smallest absolute Gasteiger partial charge is 0.416 e. The lowest BCUT2D eigenvalue weighted by atomic mass is 9.87. The van der Waals surface area contributed by atoms with Gasteiger partial charge in [0.2, 0.25) is 17.7 Å². The molecule has 1 aliphatic rings. The van der Waals surface area contributed by atoms with Gasteiger partial charge in [-0.25, -0.2) is 8.78 Å². The van der Waals surface area contributed by atoms with Crippen molar-refractivity contribution in [3.8, 4) is 5.88 Å². The maximum Gasteiger partial charge on any atom is 0.416 e. The van der Waals surface area contributed by atoms with Gasteiger partial charge < -0.3 is 30.4 Å². The number of carbonyl (C=O) groups excluding carboxylic acids is 2. The summed E-state index contributed by atoms with van der Waals surface area (Å²) in [5.74, 6) is -1.51. The lowest BCUT2D eigenvalue weighted by Gasteiger charge is -2.36. The van der Waals surface area contributed by atoms with Crippen molar-refractivity contribution < 1.29 is 41.0 Å². The van der Waals surface area contributed by atoms with Crippen LogP contribution in [0.2, 0.25) is 10.0 Å². The van der Waals surface area contributed by atoms with E-state index in [0.717, 1.165) is 24.3 Å². The third-order valence-corrected chi connectivity index (χ3v) is 7.49. The maximum atomic E-state index is 13.1. The number of hydrogen-bond acceptors (Lipinski definition) is 7. The fourth-order valence-corrected chi connectivity index (χ4v) is 4.77. The number of benzene rings is 2. The molecule has 0 atom stereocenters. The molecule has 45 heavy (non-hydrogen) atoms. The number of alkyl halides is 5. The van der Waals surface area contributed by atoms with Crippen LogP contribution in [0.5, 0.6) is 5.88 Å². The van der Waals surface area contributed by atoms with Crippen LogP contribution < -0.4 is 20.7 Å². The minimum atomic E-state index is -4.57. The first kappa shape index (κ1) is 32.2. The molecule has 5 rings (SSSR count). The number of fused-ring (bicyclic) bond motifs is 1. The number of ether oxygens (including phenoxy) is 2. The number of rotatable bonds is 10. The number of pyridine rings is 1. The normalized spacial score (nSPS) is 14.2. The van der Waals surface area contributed by atoms with E-state index in [1.54, 1.807) is 19.1 Å². The third kappa shape index (κ3) is 7.21. The number of anilines is 3. The van der Waals surface area contributed by atoms with E-state index in [1.807, 2.05) is 0 Å². The molecular formula is C28H23Cl2F5N6O4. The molecule has 4 aromatic rings. The molecule has 1 fully saturated rings. The number of aromatic nitrogens is 3. The second-order valence-electron chi connectivity index (χ2n) is 10.3. The summed E-state index contributed by atoms with van der Waals surface area (Å²) in [6, 6.07) is 8.08. The van der Waals surface area contributed by atoms with Gasteiger partial charge in [-0.15, -0.1) is 0 Å². The van der Waals surface area contributed by atoms with E-state index in [-0.39, 0.29) is 56.5 Å². The number of amides is 2. The number of halogens is 7. The maximum absolute atomic E-state index is 13.1. The van der Waals surface area contributed by atoms with Gasteiger partial charge in [0.25, 0.3) is 12.3 Å². The van der Waals surface area contributed by atoms with Crippen molar-refractivity contribution in [2.75, 3.05) is 30.5 Å². The molecule has 0 bridgehead atoms. The SMILES string of the molecule is CC1(C(=O)NCc2ccc(Cl)c(Nc3nc4nc(OCC(F)F)c(C(=O)Nc5ccc(C(F)(F)F)cc5)cc4[nH]3)c2Cl)COC1. The van der Waals surface area contributed by atoms with Crippen LogP contribution in [-0.4, -0.2) is 53.0 Å². The van der Waals surface area contributed by atoms with Crippen LogP contribution in [0, 0.1) is 5.41 Å². The van der Waals surface area contributed by atoms with Gasteiger partial charge in [0.1, 0.15) is 5.56 Å². The molecule has 2 aromatic heterocycles. The highest BCUT2D eigenvalue weighted by Gasteiger charge is 2.40. The lowest BCUT2D eigenvalue weighted by Crippen LogP contribution is -2.51. The van der Waals surface area contributed by atoms with Crippen LogP contribution in [0.1, 0.15) is 28.4 Å². The number of carbonyl (C=O) groups is 2. The summed E-state index contributed by atoms with van der Waals surface area (Å²) in [5, 5.41) is 8.54. The van der Waals surface area contributed by atoms with Crippen LogP contribution in [0.15, 0.2) is 42.5 Å². The average Bonchev–Trinajstić information content (AvgIpc) is 3.37. The Morgan fingerprint density at radius 2 is 1.82 bits per heavy atom. The summed E-state index contributed by atoms with van der Waals surface area (Å²) >= 11 is 13.0. The van der Waals surface area contributed by atoms with Gasteiger partial charge >= 0.3 is 6.18 Å². The molecule has 17 heteroatoms. The summed E-state index contributed by atoms with van der Waals surface area (Å²) in [6.45, 7) is 1.42. The molecule has 10 nitrogen and oxygen atoms in total. The molecule has 2 aromatic carbocycles. The second kappa shape index (κ2) is 12.7. The predicted molar refractivity (Wildman–Crippen MR) is 155 cm³/mol. The number of hydrogen-bond donors (Lipinski definition) is 4. The van der Waals surface area contributed by atoms with Gasteiger partial charge in [-0.05, 0) is 48.9 Å². The quantitative estimate of drug-likeness (QED) is 0.140. The molecule has 0 aliphatic carbocycles. The third-order valence-electron chi connectivity index (χ3n) is 6.74. The van der Waals surface area contributed by atoms with Crippen LogP contribution in [0.3, 0.4) is 0 Å². The number of H-pyrrole nitrogens is 1. The summed E-state index contributed by atoms with van der Waals surface area (Å²) in [4.78, 5) is 36.8. The molecular weight excluding hydrogens is 650 g/mol. The van der Waals surface area contributed by atoms with E-state index < -0.39 is 42.0 Å². The molecule has 238 valence electrons. The van der Waals surface area contributed by atoms with Gasteiger partial charge in [0.15, 0.2) is 12.3 Å². The van der Waals surface area contributed by atoms with E-state index in [4.69, 9.17) is 32.7 Å². The highest BCUT2D eigenvalue weighted by Crippen LogP contribution is 2.36. The van der Waals surface area contributed by atoms with Gasteiger partial charge in [-0.2, -0.15) is 23.1 Å². The molecule has 0 radical (unpaired) electrons. The first-order chi connectivity index (χ1) is 21.2. The van der Waals surface area contributed by atoms with E-state index in [0.29, 0.717) is 18.8 Å². The topological polar surface area (TPSA) is 130 Å². The van der Waals surface area contributed by atoms with Crippen molar-refractivity contribution in [3.63, 3.8) is 0 Å². The van der Waals surface area contributed by atoms with Crippen molar-refractivity contribution >= 4 is 63.5 Å². The predicted octanol–water partition coefficient (Wildman–Crippen LogP) is 6.58. The monoisotopic (exact) mass is 672 g/mol. The van der Waals surface area contributed by atoms with E-state index in [9.17, 15) is 31.5 Å². The molecule has 2 amide bonds. The van der Waals surface area contributed by atoms with Crippen LogP contribution in [-0.2, 0) is 22.3 Å². The number of imidazole rings is 1. The first-order valence-corrected chi connectivity index (χ1v) is 13.9. The second-order valence-corrected chi connectivity index (χ2v) is 11.1. The molecule has 3 heterocycles. The minimum absolute atomic E-state index is 0.00959. The molecule has 0 saturated carbocycles. The fourth-order valence-electron chi connectivity index (χ4n) is 4.23. The summed E-state index contributed by atoms with van der Waals surface area (Å²) in [5.41, 5.74) is -0.905. The zero-order valence-electron chi connectivity index (χ0n) is 23.1. The Hall–Kier alpha value is -4.21. The Kier molecular flexibility index (Phi) is 9.05. The van der Waals surface area contributed by atoms with Crippen molar-refractivity contribution in [3.05, 3.63) is 69.2 Å². The highest BCUT2D eigenvalue weighted by molar-refractivity contribution is 6.39. The Morgan fingerprint density at radius 3 is 2.44 bits per heavy atom. The van der Waals surface area contributed by atoms with Crippen LogP contribution in [0.4, 0.5) is 39.3 Å². The van der Waals surface area contributed by atoms with Crippen molar-refractivity contribution in [1.29, 1.82) is 0 Å². The van der Waals surface area contributed by atoms with Crippen molar-refractivity contribution in [1.82, 2.24) is 20.3 Å². The summed E-state index contributed by atoms with van der Waals surface area (Å²) in [6.07, 6.45) is -7.47. The van der Waals surface area contributed by atoms with Crippen molar-refractivity contribution in [2.45, 2.75) is 26.1 Å². The Balaban J connectivity index is 1.39.